The highest BCUT2D eigenvalue weighted by atomic mass is 19.4. The molecule has 0 radical (unpaired) electrons. The highest BCUT2D eigenvalue weighted by Gasteiger charge is 2.27. The van der Waals surface area contributed by atoms with Gasteiger partial charge in [0.25, 0.3) is 0 Å². The molecule has 1 aliphatic heterocycles. The quantitative estimate of drug-likeness (QED) is 0.543. The van der Waals surface area contributed by atoms with E-state index in [-0.39, 0.29) is 6.61 Å². The average Bonchev–Trinajstić information content (AvgIpc) is 3.11. The van der Waals surface area contributed by atoms with Crippen molar-refractivity contribution in [2.24, 2.45) is 4.99 Å². The molecule has 0 aliphatic carbocycles. The number of aliphatic imine (C=N–C) groups is 1. The Morgan fingerprint density at radius 3 is 2.58 bits per heavy atom. The minimum atomic E-state index is -4.30. The van der Waals surface area contributed by atoms with Crippen LogP contribution in [0.1, 0.15) is 30.4 Å². The number of nitrogens with zero attached hydrogens (tertiary/aromatic N) is 1. The Hall–Kier alpha value is -1.80. The van der Waals surface area contributed by atoms with Gasteiger partial charge in [0.2, 0.25) is 0 Å². The van der Waals surface area contributed by atoms with E-state index in [0.29, 0.717) is 24.2 Å². The topological polar surface area (TPSA) is 54.9 Å². The first-order valence-corrected chi connectivity index (χ1v) is 8.75. The van der Waals surface area contributed by atoms with Crippen molar-refractivity contribution in [3.8, 4) is 0 Å². The van der Waals surface area contributed by atoms with Gasteiger partial charge in [0, 0.05) is 26.7 Å². The molecule has 1 aromatic carbocycles. The van der Waals surface area contributed by atoms with Gasteiger partial charge in [0.1, 0.15) is 6.61 Å². The summed E-state index contributed by atoms with van der Waals surface area (Å²) in [6, 6.07) is 7.25. The van der Waals surface area contributed by atoms with E-state index >= 15 is 0 Å². The fourth-order valence-electron chi connectivity index (χ4n) is 2.67. The van der Waals surface area contributed by atoms with Crippen molar-refractivity contribution in [2.75, 3.05) is 26.8 Å². The Labute approximate surface area is 152 Å². The van der Waals surface area contributed by atoms with Gasteiger partial charge in [-0.25, -0.2) is 0 Å². The van der Waals surface area contributed by atoms with Crippen LogP contribution in [-0.4, -0.2) is 45.0 Å². The van der Waals surface area contributed by atoms with Crippen LogP contribution in [0.25, 0.3) is 0 Å². The molecule has 1 unspecified atom stereocenters. The van der Waals surface area contributed by atoms with Gasteiger partial charge in [-0.1, -0.05) is 24.3 Å². The molecule has 2 rings (SSSR count). The van der Waals surface area contributed by atoms with Crippen molar-refractivity contribution in [3.05, 3.63) is 35.4 Å². The summed E-state index contributed by atoms with van der Waals surface area (Å²) in [5.41, 5.74) is 1.71. The molecule has 2 N–H and O–H groups in total. The number of ether oxygens (including phenoxy) is 2. The first-order chi connectivity index (χ1) is 12.5. The molecule has 5 nitrogen and oxygen atoms in total. The third kappa shape index (κ3) is 8.05. The predicted molar refractivity (Wildman–Crippen MR) is 93.9 cm³/mol. The molecule has 0 spiro atoms. The highest BCUT2D eigenvalue weighted by molar-refractivity contribution is 5.79. The molecule has 146 valence electrons. The number of halogens is 3. The fraction of sp³-hybridized carbons (Fsp3) is 0.611. The molecule has 0 bridgehead atoms. The first kappa shape index (κ1) is 20.5. The van der Waals surface area contributed by atoms with Gasteiger partial charge in [-0.3, -0.25) is 4.99 Å². The molecule has 1 aliphatic rings. The van der Waals surface area contributed by atoms with Gasteiger partial charge in [-0.15, -0.1) is 0 Å². The Morgan fingerprint density at radius 1 is 1.23 bits per heavy atom. The summed E-state index contributed by atoms with van der Waals surface area (Å²) in [4.78, 5) is 4.18. The van der Waals surface area contributed by atoms with E-state index in [9.17, 15) is 13.2 Å². The summed E-state index contributed by atoms with van der Waals surface area (Å²) >= 11 is 0. The van der Waals surface area contributed by atoms with E-state index in [4.69, 9.17) is 4.74 Å². The minimum Gasteiger partial charge on any atom is -0.378 e. The SMILES string of the molecule is CN=C(NCCC1CCCO1)NCc1ccc(COCC(F)(F)F)cc1. The van der Waals surface area contributed by atoms with E-state index in [2.05, 4.69) is 20.4 Å². The minimum absolute atomic E-state index is 0.0559. The van der Waals surface area contributed by atoms with Crippen molar-refractivity contribution >= 4 is 5.96 Å². The van der Waals surface area contributed by atoms with Crippen LogP contribution in [-0.2, 0) is 22.6 Å². The average molecular weight is 373 g/mol. The number of hydrogen-bond donors (Lipinski definition) is 2. The smallest absolute Gasteiger partial charge is 0.378 e. The number of guanidine groups is 1. The van der Waals surface area contributed by atoms with E-state index in [1.807, 2.05) is 12.1 Å². The zero-order valence-corrected chi connectivity index (χ0v) is 14.9. The van der Waals surface area contributed by atoms with Gasteiger partial charge in [0.05, 0.1) is 12.7 Å². The van der Waals surface area contributed by atoms with Gasteiger partial charge in [-0.2, -0.15) is 13.2 Å². The molecule has 0 amide bonds. The normalized spacial score (nSPS) is 18.2. The van der Waals surface area contributed by atoms with Crippen LogP contribution >= 0.6 is 0 Å². The lowest BCUT2D eigenvalue weighted by molar-refractivity contribution is -0.176. The van der Waals surface area contributed by atoms with Gasteiger partial charge in [0.15, 0.2) is 5.96 Å². The van der Waals surface area contributed by atoms with E-state index < -0.39 is 12.8 Å². The maximum Gasteiger partial charge on any atom is 0.411 e. The number of nitrogens with one attached hydrogen (secondary N) is 2. The zero-order valence-electron chi connectivity index (χ0n) is 14.9. The van der Waals surface area contributed by atoms with Crippen LogP contribution in [0, 0.1) is 0 Å². The maximum absolute atomic E-state index is 12.1. The third-order valence-electron chi connectivity index (χ3n) is 4.02. The second-order valence-corrected chi connectivity index (χ2v) is 6.20. The van der Waals surface area contributed by atoms with Crippen molar-refractivity contribution < 1.29 is 22.6 Å². The lowest BCUT2D eigenvalue weighted by Crippen LogP contribution is -2.38. The molecule has 1 heterocycles. The van der Waals surface area contributed by atoms with E-state index in [1.54, 1.807) is 19.2 Å². The standard InChI is InChI=1S/C18H26F3N3O2/c1-22-17(23-9-8-16-3-2-10-26-16)24-11-14-4-6-15(7-5-14)12-25-13-18(19,20)21/h4-7,16H,2-3,8-13H2,1H3,(H2,22,23,24). The Bertz CT molecular complexity index is 556. The Kier molecular flexibility index (Phi) is 8.18. The Morgan fingerprint density at radius 2 is 1.96 bits per heavy atom. The summed E-state index contributed by atoms with van der Waals surface area (Å²) in [6.07, 6.45) is -0.751. The largest absolute Gasteiger partial charge is 0.411 e. The molecule has 1 atom stereocenters. The summed E-state index contributed by atoms with van der Waals surface area (Å²) in [6.45, 7) is 0.932. The molecular formula is C18H26F3N3O2. The van der Waals surface area contributed by atoms with Crippen LogP contribution in [0.2, 0.25) is 0 Å². The van der Waals surface area contributed by atoms with E-state index in [0.717, 1.165) is 38.0 Å². The second kappa shape index (κ2) is 10.4. The number of hydrogen-bond acceptors (Lipinski definition) is 3. The zero-order chi connectivity index (χ0) is 18.8. The van der Waals surface area contributed by atoms with Gasteiger partial charge in [-0.05, 0) is 30.4 Å². The third-order valence-corrected chi connectivity index (χ3v) is 4.02. The van der Waals surface area contributed by atoms with Crippen molar-refractivity contribution in [2.45, 2.75) is 44.7 Å². The summed E-state index contributed by atoms with van der Waals surface area (Å²) in [5, 5.41) is 6.46. The lowest BCUT2D eigenvalue weighted by atomic mass is 10.1. The number of alkyl halides is 3. The van der Waals surface area contributed by atoms with Crippen LogP contribution in [0.3, 0.4) is 0 Å². The van der Waals surface area contributed by atoms with Crippen molar-refractivity contribution in [1.29, 1.82) is 0 Å². The first-order valence-electron chi connectivity index (χ1n) is 8.75. The lowest BCUT2D eigenvalue weighted by Gasteiger charge is -2.14. The second-order valence-electron chi connectivity index (χ2n) is 6.20. The van der Waals surface area contributed by atoms with Gasteiger partial charge >= 0.3 is 6.18 Å². The molecule has 26 heavy (non-hydrogen) atoms. The summed E-state index contributed by atoms with van der Waals surface area (Å²) in [7, 11) is 1.71. The van der Waals surface area contributed by atoms with E-state index in [1.165, 1.54) is 0 Å². The monoisotopic (exact) mass is 373 g/mol. The number of benzene rings is 1. The fourth-order valence-corrected chi connectivity index (χ4v) is 2.67. The number of rotatable bonds is 8. The summed E-state index contributed by atoms with van der Waals surface area (Å²) in [5.74, 6) is 0.709. The maximum atomic E-state index is 12.1. The van der Waals surface area contributed by atoms with Crippen LogP contribution in [0.4, 0.5) is 13.2 Å². The van der Waals surface area contributed by atoms with Crippen LogP contribution in [0.5, 0.6) is 0 Å². The molecule has 1 fully saturated rings. The van der Waals surface area contributed by atoms with Crippen LogP contribution in [0.15, 0.2) is 29.3 Å². The molecule has 1 saturated heterocycles. The Balaban J connectivity index is 1.66. The highest BCUT2D eigenvalue weighted by Crippen LogP contribution is 2.16. The molecule has 0 aromatic heterocycles. The van der Waals surface area contributed by atoms with Crippen molar-refractivity contribution in [3.63, 3.8) is 0 Å². The van der Waals surface area contributed by atoms with Crippen LogP contribution < -0.4 is 10.6 Å². The molecule has 0 saturated carbocycles. The van der Waals surface area contributed by atoms with Crippen molar-refractivity contribution in [1.82, 2.24) is 10.6 Å². The molecule has 1 aromatic rings. The predicted octanol–water partition coefficient (Wildman–Crippen LogP) is 3.00. The van der Waals surface area contributed by atoms with Gasteiger partial charge < -0.3 is 20.1 Å². The summed E-state index contributed by atoms with van der Waals surface area (Å²) < 4.78 is 46.4. The molecule has 8 heteroatoms. The molecular weight excluding hydrogens is 347 g/mol.